The van der Waals surface area contributed by atoms with Crippen molar-refractivity contribution in [2.45, 2.75) is 32.6 Å². The SMILES string of the molecule is CC(=CCCCCCOc1ccc2ccccc2c1)C(=O)O. The molecule has 2 aromatic rings. The zero-order valence-electron chi connectivity index (χ0n) is 12.9. The molecule has 0 aliphatic heterocycles. The van der Waals surface area contributed by atoms with E-state index < -0.39 is 5.97 Å². The van der Waals surface area contributed by atoms with Gasteiger partial charge < -0.3 is 9.84 Å². The maximum atomic E-state index is 10.6. The molecule has 3 nitrogen and oxygen atoms in total. The average molecular weight is 298 g/mol. The number of hydrogen-bond acceptors (Lipinski definition) is 2. The van der Waals surface area contributed by atoms with Crippen LogP contribution in [0.4, 0.5) is 0 Å². The van der Waals surface area contributed by atoms with Gasteiger partial charge in [-0.15, -0.1) is 0 Å². The van der Waals surface area contributed by atoms with Crippen LogP contribution in [0, 0.1) is 0 Å². The Morgan fingerprint density at radius 1 is 1.09 bits per heavy atom. The molecule has 1 N–H and O–H groups in total. The number of rotatable bonds is 8. The fourth-order valence-electron chi connectivity index (χ4n) is 2.28. The minimum absolute atomic E-state index is 0.424. The van der Waals surface area contributed by atoms with E-state index in [2.05, 4.69) is 24.3 Å². The van der Waals surface area contributed by atoms with Crippen LogP contribution >= 0.6 is 0 Å². The number of allylic oxidation sites excluding steroid dienone is 1. The van der Waals surface area contributed by atoms with Gasteiger partial charge in [-0.05, 0) is 55.5 Å². The summed E-state index contributed by atoms with van der Waals surface area (Å²) in [7, 11) is 0. The number of hydrogen-bond donors (Lipinski definition) is 1. The summed E-state index contributed by atoms with van der Waals surface area (Å²) >= 11 is 0. The van der Waals surface area contributed by atoms with E-state index >= 15 is 0 Å². The van der Waals surface area contributed by atoms with Gasteiger partial charge in [-0.2, -0.15) is 0 Å². The quantitative estimate of drug-likeness (QED) is 0.562. The fourth-order valence-corrected chi connectivity index (χ4v) is 2.28. The summed E-state index contributed by atoms with van der Waals surface area (Å²) in [6, 6.07) is 14.4. The van der Waals surface area contributed by atoms with Crippen LogP contribution in [0.3, 0.4) is 0 Å². The molecule has 0 aliphatic carbocycles. The van der Waals surface area contributed by atoms with E-state index in [9.17, 15) is 4.79 Å². The topological polar surface area (TPSA) is 46.5 Å². The minimum Gasteiger partial charge on any atom is -0.494 e. The molecule has 0 saturated heterocycles. The van der Waals surface area contributed by atoms with Crippen LogP contribution in [0.2, 0.25) is 0 Å². The molecule has 22 heavy (non-hydrogen) atoms. The third-order valence-electron chi connectivity index (χ3n) is 3.63. The lowest BCUT2D eigenvalue weighted by Crippen LogP contribution is -1.97. The second-order valence-corrected chi connectivity index (χ2v) is 5.40. The Kier molecular flexibility index (Phi) is 6.01. The molecule has 0 spiro atoms. The molecule has 2 rings (SSSR count). The van der Waals surface area contributed by atoms with Crippen LogP contribution in [0.15, 0.2) is 54.1 Å². The highest BCUT2D eigenvalue weighted by Crippen LogP contribution is 2.20. The van der Waals surface area contributed by atoms with Crippen molar-refractivity contribution >= 4 is 16.7 Å². The van der Waals surface area contributed by atoms with E-state index in [0.717, 1.165) is 31.4 Å². The first-order valence-electron chi connectivity index (χ1n) is 7.68. The maximum absolute atomic E-state index is 10.6. The number of carboxylic acids is 1. The monoisotopic (exact) mass is 298 g/mol. The number of ether oxygens (including phenoxy) is 1. The Morgan fingerprint density at radius 3 is 2.64 bits per heavy atom. The molecular formula is C19H22O3. The molecule has 0 radical (unpaired) electrons. The molecule has 3 heteroatoms. The summed E-state index contributed by atoms with van der Waals surface area (Å²) in [5, 5.41) is 11.1. The summed E-state index contributed by atoms with van der Waals surface area (Å²) in [5.41, 5.74) is 0.424. The molecule has 0 bridgehead atoms. The predicted molar refractivity (Wildman–Crippen MR) is 89.3 cm³/mol. The van der Waals surface area contributed by atoms with E-state index in [1.807, 2.05) is 18.2 Å². The summed E-state index contributed by atoms with van der Waals surface area (Å²) in [6.07, 6.45) is 5.61. The zero-order valence-corrected chi connectivity index (χ0v) is 12.9. The molecule has 0 fully saturated rings. The number of aliphatic carboxylic acids is 1. The van der Waals surface area contributed by atoms with Crippen LogP contribution < -0.4 is 4.74 Å². The number of unbranched alkanes of at least 4 members (excludes halogenated alkanes) is 3. The zero-order chi connectivity index (χ0) is 15.8. The van der Waals surface area contributed by atoms with Gasteiger partial charge in [0.1, 0.15) is 5.75 Å². The molecule has 0 unspecified atom stereocenters. The van der Waals surface area contributed by atoms with Crippen molar-refractivity contribution in [2.75, 3.05) is 6.61 Å². The van der Waals surface area contributed by atoms with Crippen LogP contribution in [0.1, 0.15) is 32.6 Å². The molecule has 0 heterocycles. The lowest BCUT2D eigenvalue weighted by atomic mass is 10.1. The molecule has 116 valence electrons. The van der Waals surface area contributed by atoms with E-state index in [0.29, 0.717) is 12.2 Å². The number of fused-ring (bicyclic) bond motifs is 1. The van der Waals surface area contributed by atoms with E-state index in [1.165, 1.54) is 10.8 Å². The standard InChI is InChI=1S/C19H22O3/c1-15(19(20)21)8-4-2-3-7-13-22-18-12-11-16-9-5-6-10-17(16)14-18/h5-6,8-12,14H,2-4,7,13H2,1H3,(H,20,21). The molecule has 0 atom stereocenters. The summed E-state index contributed by atoms with van der Waals surface area (Å²) in [5.74, 6) is 0.0694. The van der Waals surface area contributed by atoms with Crippen LogP contribution in [0.25, 0.3) is 10.8 Å². The smallest absolute Gasteiger partial charge is 0.330 e. The lowest BCUT2D eigenvalue weighted by Gasteiger charge is -2.07. The summed E-state index contributed by atoms with van der Waals surface area (Å²) in [4.78, 5) is 10.6. The van der Waals surface area contributed by atoms with Crippen molar-refractivity contribution in [3.05, 3.63) is 54.1 Å². The molecular weight excluding hydrogens is 276 g/mol. The average Bonchev–Trinajstić information content (AvgIpc) is 2.53. The molecule has 0 aliphatic rings. The van der Waals surface area contributed by atoms with Crippen molar-refractivity contribution in [1.82, 2.24) is 0 Å². The molecule has 0 saturated carbocycles. The van der Waals surface area contributed by atoms with Crippen molar-refractivity contribution in [3.63, 3.8) is 0 Å². The summed E-state index contributed by atoms with van der Waals surface area (Å²) < 4.78 is 5.77. The second kappa shape index (κ2) is 8.23. The van der Waals surface area contributed by atoms with E-state index in [1.54, 1.807) is 13.0 Å². The molecule has 0 amide bonds. The minimum atomic E-state index is -0.834. The van der Waals surface area contributed by atoms with Crippen molar-refractivity contribution in [1.29, 1.82) is 0 Å². The first-order chi connectivity index (χ1) is 10.7. The lowest BCUT2D eigenvalue weighted by molar-refractivity contribution is -0.132. The van der Waals surface area contributed by atoms with E-state index in [4.69, 9.17) is 9.84 Å². The Labute approximate surface area is 131 Å². The Morgan fingerprint density at radius 2 is 1.86 bits per heavy atom. The molecule has 2 aromatic carbocycles. The van der Waals surface area contributed by atoms with Crippen LogP contribution in [0.5, 0.6) is 5.75 Å². The second-order valence-electron chi connectivity index (χ2n) is 5.40. The highest BCUT2D eigenvalue weighted by atomic mass is 16.5. The van der Waals surface area contributed by atoms with Crippen LogP contribution in [-0.4, -0.2) is 17.7 Å². The predicted octanol–water partition coefficient (Wildman–Crippen LogP) is 4.81. The Bertz CT molecular complexity index is 659. The van der Waals surface area contributed by atoms with Crippen molar-refractivity contribution < 1.29 is 14.6 Å². The van der Waals surface area contributed by atoms with Gasteiger partial charge in [-0.3, -0.25) is 0 Å². The van der Waals surface area contributed by atoms with Gasteiger partial charge in [-0.25, -0.2) is 4.79 Å². The number of carboxylic acid groups (broad SMARTS) is 1. The van der Waals surface area contributed by atoms with Gasteiger partial charge in [0, 0.05) is 5.57 Å². The third kappa shape index (κ3) is 4.92. The van der Waals surface area contributed by atoms with Gasteiger partial charge in [0.25, 0.3) is 0 Å². The van der Waals surface area contributed by atoms with Gasteiger partial charge >= 0.3 is 5.97 Å². The highest BCUT2D eigenvalue weighted by Gasteiger charge is 1.99. The van der Waals surface area contributed by atoms with E-state index in [-0.39, 0.29) is 0 Å². The van der Waals surface area contributed by atoms with Gasteiger partial charge in [0.15, 0.2) is 0 Å². The van der Waals surface area contributed by atoms with Gasteiger partial charge in [0.05, 0.1) is 6.61 Å². The maximum Gasteiger partial charge on any atom is 0.330 e. The van der Waals surface area contributed by atoms with Gasteiger partial charge in [-0.1, -0.05) is 36.4 Å². The number of benzene rings is 2. The first kappa shape index (κ1) is 16.1. The Balaban J connectivity index is 1.68. The fraction of sp³-hybridized carbons (Fsp3) is 0.316. The number of carbonyl (C=O) groups is 1. The highest BCUT2D eigenvalue weighted by molar-refractivity contribution is 5.85. The van der Waals surface area contributed by atoms with Crippen molar-refractivity contribution in [2.24, 2.45) is 0 Å². The summed E-state index contributed by atoms with van der Waals surface area (Å²) in [6.45, 7) is 2.32. The largest absolute Gasteiger partial charge is 0.494 e. The Hall–Kier alpha value is -2.29. The van der Waals surface area contributed by atoms with Crippen LogP contribution in [-0.2, 0) is 4.79 Å². The third-order valence-corrected chi connectivity index (χ3v) is 3.63. The van der Waals surface area contributed by atoms with Crippen molar-refractivity contribution in [3.8, 4) is 5.75 Å². The molecule has 0 aromatic heterocycles. The normalized spacial score (nSPS) is 11.6. The first-order valence-corrected chi connectivity index (χ1v) is 7.68. The van der Waals surface area contributed by atoms with Gasteiger partial charge in [0.2, 0.25) is 0 Å².